The van der Waals surface area contributed by atoms with Crippen molar-refractivity contribution in [3.05, 3.63) is 66.4 Å². The summed E-state index contributed by atoms with van der Waals surface area (Å²) in [6, 6.07) is 15.6. The summed E-state index contributed by atoms with van der Waals surface area (Å²) < 4.78 is 39.2. The zero-order valence-electron chi connectivity index (χ0n) is 14.5. The Kier molecular flexibility index (Phi) is 5.29. The molecular weight excluding hydrogens is 352 g/mol. The molecule has 0 saturated carbocycles. The summed E-state index contributed by atoms with van der Waals surface area (Å²) in [4.78, 5) is 0.0758. The van der Waals surface area contributed by atoms with Gasteiger partial charge in [0.15, 0.2) is 0 Å². The standard InChI is InChI=1S/C19H20N2O4S/c1-20-13-14-9-10-15(17-7-5-11-25-17)16(12-14)21-26(22,23)19-8-4-3-6-18(19)24-2/h3-12,20-21H,13H2,1-2H3. The Morgan fingerprint density at radius 3 is 2.58 bits per heavy atom. The number of furan rings is 1. The third kappa shape index (κ3) is 3.74. The lowest BCUT2D eigenvalue weighted by molar-refractivity contribution is 0.403. The third-order valence-corrected chi connectivity index (χ3v) is 5.26. The van der Waals surface area contributed by atoms with Gasteiger partial charge in [0.25, 0.3) is 10.0 Å². The monoisotopic (exact) mass is 372 g/mol. The van der Waals surface area contributed by atoms with Crippen LogP contribution in [0.25, 0.3) is 11.3 Å². The van der Waals surface area contributed by atoms with E-state index in [0.29, 0.717) is 23.6 Å². The molecule has 0 spiro atoms. The van der Waals surface area contributed by atoms with Gasteiger partial charge in [-0.05, 0) is 49.0 Å². The third-order valence-electron chi connectivity index (χ3n) is 3.85. The van der Waals surface area contributed by atoms with Crippen molar-refractivity contribution in [3.8, 4) is 17.1 Å². The minimum Gasteiger partial charge on any atom is -0.495 e. The maximum absolute atomic E-state index is 12.9. The van der Waals surface area contributed by atoms with E-state index in [4.69, 9.17) is 9.15 Å². The van der Waals surface area contributed by atoms with Gasteiger partial charge in [-0.25, -0.2) is 8.42 Å². The van der Waals surface area contributed by atoms with Crippen LogP contribution in [0.1, 0.15) is 5.56 Å². The summed E-state index contributed by atoms with van der Waals surface area (Å²) in [6.07, 6.45) is 1.55. The maximum Gasteiger partial charge on any atom is 0.265 e. The Balaban J connectivity index is 2.06. The molecule has 136 valence electrons. The predicted octanol–water partition coefficient (Wildman–Crippen LogP) is 3.48. The first-order valence-corrected chi connectivity index (χ1v) is 9.50. The summed E-state index contributed by atoms with van der Waals surface area (Å²) >= 11 is 0. The van der Waals surface area contributed by atoms with E-state index in [1.165, 1.54) is 13.2 Å². The zero-order valence-corrected chi connectivity index (χ0v) is 15.3. The summed E-state index contributed by atoms with van der Waals surface area (Å²) in [5.41, 5.74) is 2.05. The number of sulfonamides is 1. The molecule has 1 heterocycles. The average Bonchev–Trinajstić information content (AvgIpc) is 3.16. The van der Waals surface area contributed by atoms with Crippen molar-refractivity contribution in [2.75, 3.05) is 18.9 Å². The van der Waals surface area contributed by atoms with Gasteiger partial charge in [-0.2, -0.15) is 0 Å². The van der Waals surface area contributed by atoms with E-state index in [0.717, 1.165) is 5.56 Å². The average molecular weight is 372 g/mol. The Morgan fingerprint density at radius 1 is 1.08 bits per heavy atom. The molecule has 0 aliphatic carbocycles. The molecule has 0 aliphatic rings. The molecule has 0 bridgehead atoms. The molecule has 0 unspecified atom stereocenters. The van der Waals surface area contributed by atoms with Crippen LogP contribution in [0.2, 0.25) is 0 Å². The molecule has 26 heavy (non-hydrogen) atoms. The van der Waals surface area contributed by atoms with Gasteiger partial charge in [-0.15, -0.1) is 0 Å². The highest BCUT2D eigenvalue weighted by Gasteiger charge is 2.21. The van der Waals surface area contributed by atoms with Crippen LogP contribution in [0.3, 0.4) is 0 Å². The molecule has 0 amide bonds. The number of rotatable bonds is 7. The fourth-order valence-corrected chi connectivity index (χ4v) is 3.92. The SMILES string of the molecule is CNCc1ccc(-c2ccco2)c(NS(=O)(=O)c2ccccc2OC)c1. The van der Waals surface area contributed by atoms with E-state index in [2.05, 4.69) is 10.0 Å². The van der Waals surface area contributed by atoms with Crippen LogP contribution in [0.4, 0.5) is 5.69 Å². The molecule has 0 radical (unpaired) electrons. The number of nitrogens with one attached hydrogen (secondary N) is 2. The first kappa shape index (κ1) is 18.0. The highest BCUT2D eigenvalue weighted by atomic mass is 32.2. The summed E-state index contributed by atoms with van der Waals surface area (Å²) in [5.74, 6) is 0.865. The van der Waals surface area contributed by atoms with Gasteiger partial charge in [-0.3, -0.25) is 4.72 Å². The topological polar surface area (TPSA) is 80.6 Å². The summed E-state index contributed by atoms with van der Waals surface area (Å²) in [5, 5.41) is 3.06. The van der Waals surface area contributed by atoms with E-state index in [1.807, 2.05) is 19.2 Å². The van der Waals surface area contributed by atoms with Crippen molar-refractivity contribution in [3.63, 3.8) is 0 Å². The molecule has 0 atom stereocenters. The minimum atomic E-state index is -3.84. The molecular formula is C19H20N2O4S. The Hall–Kier alpha value is -2.77. The number of hydrogen-bond donors (Lipinski definition) is 2. The smallest absolute Gasteiger partial charge is 0.265 e. The highest BCUT2D eigenvalue weighted by Crippen LogP contribution is 2.32. The minimum absolute atomic E-state index is 0.0758. The van der Waals surface area contributed by atoms with Crippen LogP contribution < -0.4 is 14.8 Å². The molecule has 1 aromatic heterocycles. The van der Waals surface area contributed by atoms with Crippen molar-refractivity contribution in [2.24, 2.45) is 0 Å². The molecule has 0 fully saturated rings. The zero-order chi connectivity index (χ0) is 18.6. The van der Waals surface area contributed by atoms with Crippen molar-refractivity contribution in [2.45, 2.75) is 11.4 Å². The molecule has 6 nitrogen and oxygen atoms in total. The van der Waals surface area contributed by atoms with Gasteiger partial charge in [0, 0.05) is 12.1 Å². The van der Waals surface area contributed by atoms with Gasteiger partial charge in [-0.1, -0.05) is 18.2 Å². The van der Waals surface area contributed by atoms with Crippen LogP contribution in [0.5, 0.6) is 5.75 Å². The number of benzene rings is 2. The fraction of sp³-hybridized carbons (Fsp3) is 0.158. The van der Waals surface area contributed by atoms with Gasteiger partial charge < -0.3 is 14.5 Å². The van der Waals surface area contributed by atoms with Crippen LogP contribution >= 0.6 is 0 Å². The van der Waals surface area contributed by atoms with Crippen molar-refractivity contribution < 1.29 is 17.6 Å². The predicted molar refractivity (Wildman–Crippen MR) is 101 cm³/mol. The van der Waals surface area contributed by atoms with Gasteiger partial charge in [0.2, 0.25) is 0 Å². The Morgan fingerprint density at radius 2 is 1.88 bits per heavy atom. The first-order chi connectivity index (χ1) is 12.5. The number of methoxy groups -OCH3 is 1. The van der Waals surface area contributed by atoms with E-state index in [9.17, 15) is 8.42 Å². The van der Waals surface area contributed by atoms with Crippen LogP contribution in [0.15, 0.2) is 70.2 Å². The van der Waals surface area contributed by atoms with Crippen molar-refractivity contribution in [1.29, 1.82) is 0 Å². The second kappa shape index (κ2) is 7.63. The molecule has 3 rings (SSSR count). The number of ether oxygens (including phenoxy) is 1. The lowest BCUT2D eigenvalue weighted by atomic mass is 10.1. The van der Waals surface area contributed by atoms with Crippen molar-refractivity contribution in [1.82, 2.24) is 5.32 Å². The normalized spacial score (nSPS) is 11.3. The molecule has 0 saturated heterocycles. The lowest BCUT2D eigenvalue weighted by Gasteiger charge is -2.15. The van der Waals surface area contributed by atoms with Gasteiger partial charge in [0.05, 0.1) is 19.1 Å². The number of hydrogen-bond acceptors (Lipinski definition) is 5. The number of para-hydroxylation sites is 1. The molecule has 7 heteroatoms. The molecule has 2 aromatic carbocycles. The van der Waals surface area contributed by atoms with Crippen molar-refractivity contribution >= 4 is 15.7 Å². The van der Waals surface area contributed by atoms with Crippen LogP contribution in [-0.2, 0) is 16.6 Å². The van der Waals surface area contributed by atoms with Crippen LogP contribution in [0, 0.1) is 0 Å². The van der Waals surface area contributed by atoms with Crippen LogP contribution in [-0.4, -0.2) is 22.6 Å². The van der Waals surface area contributed by atoms with E-state index in [1.54, 1.807) is 42.7 Å². The van der Waals surface area contributed by atoms with Gasteiger partial charge >= 0.3 is 0 Å². The quantitative estimate of drug-likeness (QED) is 0.664. The van der Waals surface area contributed by atoms with Gasteiger partial charge in [0.1, 0.15) is 16.4 Å². The molecule has 0 aliphatic heterocycles. The second-order valence-corrected chi connectivity index (χ2v) is 7.29. The molecule has 3 aromatic rings. The van der Waals surface area contributed by atoms with E-state index < -0.39 is 10.0 Å². The molecule has 2 N–H and O–H groups in total. The Labute approximate surface area is 152 Å². The van der Waals surface area contributed by atoms with E-state index >= 15 is 0 Å². The second-order valence-electron chi connectivity index (χ2n) is 5.64. The summed E-state index contributed by atoms with van der Waals surface area (Å²) in [7, 11) is -0.565. The maximum atomic E-state index is 12.9. The highest BCUT2D eigenvalue weighted by molar-refractivity contribution is 7.92. The lowest BCUT2D eigenvalue weighted by Crippen LogP contribution is -2.15. The first-order valence-electron chi connectivity index (χ1n) is 8.02. The van der Waals surface area contributed by atoms with E-state index in [-0.39, 0.29) is 10.6 Å². The number of anilines is 1. The fourth-order valence-electron chi connectivity index (χ4n) is 2.68. The summed E-state index contributed by atoms with van der Waals surface area (Å²) in [6.45, 7) is 0.613. The Bertz CT molecular complexity index is 983. The largest absolute Gasteiger partial charge is 0.495 e.